The summed E-state index contributed by atoms with van der Waals surface area (Å²) in [5.74, 6) is 0. The minimum atomic E-state index is -3.92. The van der Waals surface area contributed by atoms with Crippen molar-refractivity contribution in [1.82, 2.24) is 9.03 Å². The van der Waals surface area contributed by atoms with Crippen LogP contribution in [0, 0.1) is 6.92 Å². The van der Waals surface area contributed by atoms with E-state index in [0.717, 1.165) is 31.2 Å². The van der Waals surface area contributed by atoms with E-state index < -0.39 is 16.1 Å². The average molecular weight is 328 g/mol. The predicted molar refractivity (Wildman–Crippen MR) is 84.6 cm³/mol. The number of nitrogens with one attached hydrogen (secondary N) is 1. The molecule has 21 heavy (non-hydrogen) atoms. The van der Waals surface area contributed by atoms with Gasteiger partial charge in [0.2, 0.25) is 0 Å². The molecule has 5 nitrogen and oxygen atoms in total. The van der Waals surface area contributed by atoms with Gasteiger partial charge in [-0.25, -0.2) is 13.2 Å². The molecule has 7 heteroatoms. The van der Waals surface area contributed by atoms with Gasteiger partial charge in [-0.05, 0) is 44.7 Å². The third-order valence-corrected chi connectivity index (χ3v) is 5.97. The van der Waals surface area contributed by atoms with E-state index in [9.17, 15) is 13.2 Å². The highest BCUT2D eigenvalue weighted by Crippen LogP contribution is 2.21. The Balaban J connectivity index is 2.08. The van der Waals surface area contributed by atoms with Crippen molar-refractivity contribution in [3.63, 3.8) is 0 Å². The molecule has 0 unspecified atom stereocenters. The van der Waals surface area contributed by atoms with Gasteiger partial charge in [0, 0.05) is 6.04 Å². The summed E-state index contributed by atoms with van der Waals surface area (Å²) in [5, 5.41) is 2.74. The Bertz CT molecular complexity index is 593. The largest absolute Gasteiger partial charge is 0.341 e. The number of thiol groups is 1. The summed E-state index contributed by atoms with van der Waals surface area (Å²) < 4.78 is 25.1. The fourth-order valence-electron chi connectivity index (χ4n) is 2.40. The highest BCUT2D eigenvalue weighted by atomic mass is 32.3. The highest BCUT2D eigenvalue weighted by molar-refractivity contribution is 8.00. The van der Waals surface area contributed by atoms with Crippen LogP contribution >= 0.6 is 12.8 Å². The van der Waals surface area contributed by atoms with Gasteiger partial charge < -0.3 is 5.32 Å². The lowest BCUT2D eigenvalue weighted by Gasteiger charge is -2.25. The second-order valence-corrected chi connectivity index (χ2v) is 7.80. The molecule has 0 aliphatic heterocycles. The topological polar surface area (TPSA) is 66.5 Å². The minimum Gasteiger partial charge on any atom is -0.334 e. The van der Waals surface area contributed by atoms with E-state index in [1.165, 1.54) is 18.6 Å². The molecule has 1 aliphatic rings. The van der Waals surface area contributed by atoms with Crippen LogP contribution in [0.5, 0.6) is 0 Å². The van der Waals surface area contributed by atoms with Gasteiger partial charge in [-0.1, -0.05) is 37.0 Å². The molecule has 1 N–H and O–H groups in total. The summed E-state index contributed by atoms with van der Waals surface area (Å²) in [5.41, 5.74) is 0.950. The van der Waals surface area contributed by atoms with Crippen molar-refractivity contribution in [2.75, 3.05) is 0 Å². The molecule has 2 rings (SSSR count). The number of amides is 2. The quantitative estimate of drug-likeness (QED) is 0.839. The second-order valence-electron chi connectivity index (χ2n) is 5.35. The lowest BCUT2D eigenvalue weighted by molar-refractivity contribution is 0.229. The molecule has 1 aliphatic carbocycles. The molecule has 0 atom stereocenters. The van der Waals surface area contributed by atoms with Crippen LogP contribution in [0.3, 0.4) is 0 Å². The van der Waals surface area contributed by atoms with Gasteiger partial charge in [-0.3, -0.25) is 0 Å². The van der Waals surface area contributed by atoms with Crippen LogP contribution in [0.15, 0.2) is 29.2 Å². The van der Waals surface area contributed by atoms with Crippen molar-refractivity contribution in [2.24, 2.45) is 0 Å². The van der Waals surface area contributed by atoms with Gasteiger partial charge in [0.25, 0.3) is 10.0 Å². The van der Waals surface area contributed by atoms with Crippen molar-refractivity contribution in [3.05, 3.63) is 29.8 Å². The Morgan fingerprint density at radius 2 is 1.76 bits per heavy atom. The van der Waals surface area contributed by atoms with Gasteiger partial charge in [0.15, 0.2) is 0 Å². The number of sulfonamides is 1. The molecule has 0 saturated heterocycles. The molecule has 0 spiro atoms. The second kappa shape index (κ2) is 6.70. The van der Waals surface area contributed by atoms with E-state index in [-0.39, 0.29) is 10.9 Å². The third kappa shape index (κ3) is 3.91. The third-order valence-electron chi connectivity index (χ3n) is 3.65. The normalized spacial score (nSPS) is 16.5. The lowest BCUT2D eigenvalue weighted by Crippen LogP contribution is -2.43. The molecular formula is C14H20N2O3S2. The van der Waals surface area contributed by atoms with Gasteiger partial charge in [0.05, 0.1) is 4.90 Å². The van der Waals surface area contributed by atoms with Crippen molar-refractivity contribution < 1.29 is 13.2 Å². The predicted octanol–water partition coefficient (Wildman–Crippen LogP) is 2.87. The van der Waals surface area contributed by atoms with E-state index in [1.54, 1.807) is 12.1 Å². The van der Waals surface area contributed by atoms with Crippen molar-refractivity contribution in [2.45, 2.75) is 50.0 Å². The van der Waals surface area contributed by atoms with E-state index >= 15 is 0 Å². The number of hydrogen-bond donors (Lipinski definition) is 2. The summed E-state index contributed by atoms with van der Waals surface area (Å²) >= 11 is 3.88. The van der Waals surface area contributed by atoms with E-state index in [1.807, 2.05) is 6.92 Å². The van der Waals surface area contributed by atoms with E-state index in [0.29, 0.717) is 3.71 Å². The summed E-state index contributed by atoms with van der Waals surface area (Å²) in [6.45, 7) is 1.87. The maximum Gasteiger partial charge on any atom is 0.341 e. The molecule has 116 valence electrons. The summed E-state index contributed by atoms with van der Waals surface area (Å²) in [6.07, 6.45) is 5.05. The summed E-state index contributed by atoms with van der Waals surface area (Å²) in [7, 11) is -3.92. The highest BCUT2D eigenvalue weighted by Gasteiger charge is 2.28. The molecule has 1 saturated carbocycles. The number of nitrogens with zero attached hydrogens (tertiary/aromatic N) is 1. The monoisotopic (exact) mass is 328 g/mol. The Morgan fingerprint density at radius 1 is 1.19 bits per heavy atom. The molecule has 1 fully saturated rings. The van der Waals surface area contributed by atoms with Crippen LogP contribution < -0.4 is 5.32 Å². The van der Waals surface area contributed by atoms with E-state index in [4.69, 9.17) is 0 Å². The van der Waals surface area contributed by atoms with Gasteiger partial charge >= 0.3 is 6.03 Å². The molecule has 2 amide bonds. The molecule has 1 aromatic rings. The first-order valence-electron chi connectivity index (χ1n) is 7.02. The summed E-state index contributed by atoms with van der Waals surface area (Å²) in [6, 6.07) is 5.67. The Hall–Kier alpha value is -1.21. The Kier molecular flexibility index (Phi) is 5.16. The van der Waals surface area contributed by atoms with Crippen LogP contribution in [0.2, 0.25) is 0 Å². The van der Waals surface area contributed by atoms with Crippen molar-refractivity contribution in [3.8, 4) is 0 Å². The van der Waals surface area contributed by atoms with Gasteiger partial charge in [-0.15, -0.1) is 0 Å². The fourth-order valence-corrected chi connectivity index (χ4v) is 3.69. The zero-order valence-corrected chi connectivity index (χ0v) is 13.7. The number of carbonyl (C=O) groups excluding carboxylic acids is 1. The maximum absolute atomic E-state index is 12.3. The molecular weight excluding hydrogens is 308 g/mol. The standard InChI is InChI=1S/C14H20N2O3S2/c1-11-7-9-13(10-8-11)21(18,19)16(20)14(17)15-12-5-3-2-4-6-12/h7-10,12,20H,2-6H2,1H3,(H,15,17). The number of carbonyl (C=O) groups is 1. The number of hydrogen-bond acceptors (Lipinski definition) is 4. The maximum atomic E-state index is 12.3. The molecule has 0 heterocycles. The van der Waals surface area contributed by atoms with Gasteiger partial charge in [-0.2, -0.15) is 3.71 Å². The van der Waals surface area contributed by atoms with Crippen LogP contribution in [-0.4, -0.2) is 24.2 Å². The number of aryl methyl sites for hydroxylation is 1. The average Bonchev–Trinajstić information content (AvgIpc) is 2.48. The van der Waals surface area contributed by atoms with Crippen LogP contribution in [0.25, 0.3) is 0 Å². The van der Waals surface area contributed by atoms with Crippen LogP contribution in [0.1, 0.15) is 37.7 Å². The number of rotatable bonds is 3. The summed E-state index contributed by atoms with van der Waals surface area (Å²) in [4.78, 5) is 12.1. The van der Waals surface area contributed by atoms with Crippen molar-refractivity contribution >= 4 is 28.9 Å². The molecule has 0 bridgehead atoms. The molecule has 0 aromatic heterocycles. The minimum absolute atomic E-state index is 0.0362. The van der Waals surface area contributed by atoms with Crippen LogP contribution in [0.4, 0.5) is 4.79 Å². The first kappa shape index (κ1) is 16.2. The zero-order valence-electron chi connectivity index (χ0n) is 11.9. The number of urea groups is 1. The zero-order chi connectivity index (χ0) is 15.5. The Labute approximate surface area is 131 Å². The van der Waals surface area contributed by atoms with Gasteiger partial charge in [0.1, 0.15) is 0 Å². The fraction of sp³-hybridized carbons (Fsp3) is 0.500. The van der Waals surface area contributed by atoms with Crippen LogP contribution in [-0.2, 0) is 10.0 Å². The smallest absolute Gasteiger partial charge is 0.334 e. The SMILES string of the molecule is Cc1ccc(S(=O)(=O)N(S)C(=O)NC2CCCCC2)cc1. The first-order chi connectivity index (χ1) is 9.91. The molecule has 1 aromatic carbocycles. The van der Waals surface area contributed by atoms with E-state index in [2.05, 4.69) is 18.1 Å². The van der Waals surface area contributed by atoms with Crippen molar-refractivity contribution in [1.29, 1.82) is 0 Å². The number of benzene rings is 1. The first-order valence-corrected chi connectivity index (χ1v) is 8.86. The Morgan fingerprint density at radius 3 is 2.33 bits per heavy atom. The molecule has 0 radical (unpaired) electrons. The lowest BCUT2D eigenvalue weighted by atomic mass is 9.96.